The number of rotatable bonds is 4. The first-order valence-corrected chi connectivity index (χ1v) is 9.38. The normalized spacial score (nSPS) is 40.3. The molecule has 0 N–H and O–H groups in total. The molecule has 0 amide bonds. The van der Waals surface area contributed by atoms with Gasteiger partial charge in [0.05, 0.1) is 0 Å². The van der Waals surface area contributed by atoms with Crippen LogP contribution in [-0.4, -0.2) is 0 Å². The van der Waals surface area contributed by atoms with Crippen LogP contribution in [0, 0.1) is 29.6 Å². The molecule has 5 atom stereocenters. The molecule has 0 heterocycles. The van der Waals surface area contributed by atoms with Gasteiger partial charge in [0.15, 0.2) is 0 Å². The number of hydrogen-bond acceptors (Lipinski definition) is 0. The Morgan fingerprint density at radius 1 is 0.789 bits per heavy atom. The van der Waals surface area contributed by atoms with Crippen molar-refractivity contribution in [2.45, 2.75) is 91.4 Å². The van der Waals surface area contributed by atoms with Crippen molar-refractivity contribution in [1.29, 1.82) is 0 Å². The van der Waals surface area contributed by atoms with Crippen molar-refractivity contribution in [2.75, 3.05) is 0 Å². The molecule has 0 heteroatoms. The minimum absolute atomic E-state index is 1.12. The molecule has 5 unspecified atom stereocenters. The summed E-state index contributed by atoms with van der Waals surface area (Å²) in [6.07, 6.45) is 17.0. The summed E-state index contributed by atoms with van der Waals surface area (Å²) < 4.78 is 0. The van der Waals surface area contributed by atoms with Crippen LogP contribution in [0.15, 0.2) is 0 Å². The molecule has 0 aromatic rings. The van der Waals surface area contributed by atoms with Crippen LogP contribution in [0.25, 0.3) is 0 Å². The Morgan fingerprint density at radius 3 is 2.37 bits per heavy atom. The quantitative estimate of drug-likeness (QED) is 0.512. The average molecular weight is 264 g/mol. The molecule has 0 saturated heterocycles. The van der Waals surface area contributed by atoms with E-state index in [9.17, 15) is 0 Å². The summed E-state index contributed by atoms with van der Waals surface area (Å²) in [5, 5.41) is 0. The molecule has 0 radical (unpaired) electrons. The average Bonchev–Trinajstić information content (AvgIpc) is 2.98. The van der Waals surface area contributed by atoms with Gasteiger partial charge >= 0.3 is 0 Å². The van der Waals surface area contributed by atoms with Crippen molar-refractivity contribution in [3.63, 3.8) is 0 Å². The fraction of sp³-hybridized carbons (Fsp3) is 1.00. The van der Waals surface area contributed by atoms with Gasteiger partial charge in [-0.2, -0.15) is 0 Å². The molecule has 112 valence electrons. The standard InChI is InChI=1S/C17H30.C2H6/c1-2-3-4-7-13-10-15-12-14-8-5-6-9-16(14)17(15)11-13;1-2/h13-17H,2-12H2,1H3;1-2H3. The smallest absolute Gasteiger partial charge is 0.0352 e. The summed E-state index contributed by atoms with van der Waals surface area (Å²) in [7, 11) is 0. The van der Waals surface area contributed by atoms with Gasteiger partial charge in [-0.1, -0.05) is 65.7 Å². The first-order chi connectivity index (χ1) is 9.38. The summed E-state index contributed by atoms with van der Waals surface area (Å²) in [6.45, 7) is 6.33. The second-order valence-electron chi connectivity index (χ2n) is 7.20. The Bertz CT molecular complexity index is 244. The summed E-state index contributed by atoms with van der Waals surface area (Å²) in [5.74, 6) is 5.79. The molecule has 0 spiro atoms. The lowest BCUT2D eigenvalue weighted by molar-refractivity contribution is 0.215. The Balaban J connectivity index is 0.000000637. The van der Waals surface area contributed by atoms with Crippen LogP contribution in [0.2, 0.25) is 0 Å². The third-order valence-electron chi connectivity index (χ3n) is 6.19. The maximum atomic E-state index is 2.33. The number of fused-ring (bicyclic) bond motifs is 3. The third kappa shape index (κ3) is 3.56. The van der Waals surface area contributed by atoms with Gasteiger partial charge in [-0.25, -0.2) is 0 Å². The van der Waals surface area contributed by atoms with E-state index in [1.807, 2.05) is 13.8 Å². The van der Waals surface area contributed by atoms with Crippen LogP contribution in [0.1, 0.15) is 91.4 Å². The zero-order chi connectivity index (χ0) is 13.7. The van der Waals surface area contributed by atoms with Crippen LogP contribution in [0.5, 0.6) is 0 Å². The van der Waals surface area contributed by atoms with Crippen molar-refractivity contribution in [1.82, 2.24) is 0 Å². The fourth-order valence-corrected chi connectivity index (χ4v) is 5.47. The first kappa shape index (κ1) is 15.4. The highest BCUT2D eigenvalue weighted by molar-refractivity contribution is 4.97. The van der Waals surface area contributed by atoms with Crippen LogP contribution < -0.4 is 0 Å². The molecule has 3 aliphatic carbocycles. The lowest BCUT2D eigenvalue weighted by Gasteiger charge is -2.29. The maximum absolute atomic E-state index is 2.33. The minimum atomic E-state index is 1.12. The van der Waals surface area contributed by atoms with Crippen molar-refractivity contribution in [3.05, 3.63) is 0 Å². The van der Waals surface area contributed by atoms with E-state index in [1.165, 1.54) is 31.1 Å². The van der Waals surface area contributed by atoms with E-state index < -0.39 is 0 Å². The van der Waals surface area contributed by atoms with Gasteiger partial charge in [0.2, 0.25) is 0 Å². The van der Waals surface area contributed by atoms with Gasteiger partial charge in [-0.3, -0.25) is 0 Å². The SMILES string of the molecule is CC.CCCCCC1CC2CC3CCCCC3C2C1. The summed E-state index contributed by atoms with van der Waals surface area (Å²) in [4.78, 5) is 0. The fourth-order valence-electron chi connectivity index (χ4n) is 5.47. The van der Waals surface area contributed by atoms with Crippen LogP contribution in [0.4, 0.5) is 0 Å². The monoisotopic (exact) mass is 264 g/mol. The molecule has 0 bridgehead atoms. The van der Waals surface area contributed by atoms with E-state index in [2.05, 4.69) is 6.92 Å². The van der Waals surface area contributed by atoms with Gasteiger partial charge in [-0.15, -0.1) is 0 Å². The number of unbranched alkanes of at least 4 members (excludes halogenated alkanes) is 2. The molecule has 3 aliphatic rings. The van der Waals surface area contributed by atoms with Crippen molar-refractivity contribution >= 4 is 0 Å². The Hall–Kier alpha value is 0. The van der Waals surface area contributed by atoms with Crippen molar-refractivity contribution < 1.29 is 0 Å². The lowest BCUT2D eigenvalue weighted by Crippen LogP contribution is -2.19. The highest BCUT2D eigenvalue weighted by atomic mass is 14.5. The molecular weight excluding hydrogens is 228 g/mol. The van der Waals surface area contributed by atoms with E-state index in [0.717, 1.165) is 17.8 Å². The Labute approximate surface area is 121 Å². The zero-order valence-corrected chi connectivity index (χ0v) is 13.7. The highest BCUT2D eigenvalue weighted by Gasteiger charge is 2.48. The topological polar surface area (TPSA) is 0 Å². The Kier molecular flexibility index (Phi) is 6.23. The van der Waals surface area contributed by atoms with E-state index >= 15 is 0 Å². The second-order valence-corrected chi connectivity index (χ2v) is 7.20. The lowest BCUT2D eigenvalue weighted by atomic mass is 9.76. The highest BCUT2D eigenvalue weighted by Crippen LogP contribution is 2.57. The molecule has 3 fully saturated rings. The minimum Gasteiger partial charge on any atom is -0.0683 e. The van der Waals surface area contributed by atoms with E-state index in [1.54, 1.807) is 51.4 Å². The molecule has 0 aliphatic heterocycles. The molecule has 19 heavy (non-hydrogen) atoms. The van der Waals surface area contributed by atoms with Gasteiger partial charge in [0, 0.05) is 0 Å². The van der Waals surface area contributed by atoms with E-state index in [-0.39, 0.29) is 0 Å². The third-order valence-corrected chi connectivity index (χ3v) is 6.19. The van der Waals surface area contributed by atoms with Crippen molar-refractivity contribution in [3.8, 4) is 0 Å². The maximum Gasteiger partial charge on any atom is -0.0352 e. The summed E-state index contributed by atoms with van der Waals surface area (Å²) in [5.41, 5.74) is 0. The van der Waals surface area contributed by atoms with E-state index in [4.69, 9.17) is 0 Å². The molecule has 3 rings (SSSR count). The molecule has 0 aromatic carbocycles. The van der Waals surface area contributed by atoms with Gasteiger partial charge in [0.25, 0.3) is 0 Å². The van der Waals surface area contributed by atoms with Crippen LogP contribution in [0.3, 0.4) is 0 Å². The van der Waals surface area contributed by atoms with Crippen LogP contribution in [-0.2, 0) is 0 Å². The molecule has 3 saturated carbocycles. The number of hydrogen-bond donors (Lipinski definition) is 0. The van der Waals surface area contributed by atoms with E-state index in [0.29, 0.717) is 0 Å². The Morgan fingerprint density at radius 2 is 1.58 bits per heavy atom. The van der Waals surface area contributed by atoms with Gasteiger partial charge in [-0.05, 0) is 55.3 Å². The molecule has 0 aromatic heterocycles. The van der Waals surface area contributed by atoms with Crippen molar-refractivity contribution in [2.24, 2.45) is 29.6 Å². The second kappa shape index (κ2) is 7.70. The molecular formula is C19H36. The predicted molar refractivity (Wildman–Crippen MR) is 85.3 cm³/mol. The molecule has 0 nitrogen and oxygen atoms in total. The summed E-state index contributed by atoms with van der Waals surface area (Å²) in [6, 6.07) is 0. The zero-order valence-electron chi connectivity index (χ0n) is 13.7. The van der Waals surface area contributed by atoms with Gasteiger partial charge in [0.1, 0.15) is 0 Å². The van der Waals surface area contributed by atoms with Gasteiger partial charge < -0.3 is 0 Å². The largest absolute Gasteiger partial charge is 0.0683 e. The summed E-state index contributed by atoms with van der Waals surface area (Å²) >= 11 is 0. The predicted octanol–water partition coefficient (Wildman–Crippen LogP) is 6.45. The van der Waals surface area contributed by atoms with Crippen LogP contribution >= 0.6 is 0 Å². The first-order valence-electron chi connectivity index (χ1n) is 9.38.